The first kappa shape index (κ1) is 10.2. The Morgan fingerprint density at radius 3 is 3.00 bits per heavy atom. The zero-order chi connectivity index (χ0) is 11.1. The van der Waals surface area contributed by atoms with E-state index >= 15 is 0 Å². The van der Waals surface area contributed by atoms with E-state index in [1.165, 1.54) is 4.90 Å². The minimum absolute atomic E-state index is 0.0726. The summed E-state index contributed by atoms with van der Waals surface area (Å²) < 4.78 is 5.16. The molecule has 1 spiro atoms. The van der Waals surface area contributed by atoms with Crippen molar-refractivity contribution in [1.29, 1.82) is 0 Å². The molecule has 0 aliphatic carbocycles. The number of ether oxygens (including phenoxy) is 1. The molecule has 84 valence electrons. The van der Waals surface area contributed by atoms with Crippen molar-refractivity contribution in [2.45, 2.75) is 24.9 Å². The Kier molecular flexibility index (Phi) is 2.30. The standard InChI is InChI=1S/C9H14N2O4/c1-6-2-9(4-11(6)8(13)14)5-15-3-7(12)10-9/h6H,2-5H2,1H3,(H,10,12)(H,13,14). The largest absolute Gasteiger partial charge is 0.465 e. The predicted octanol–water partition coefficient (Wildman–Crippen LogP) is -0.356. The van der Waals surface area contributed by atoms with Crippen molar-refractivity contribution in [2.75, 3.05) is 19.8 Å². The molecule has 0 saturated carbocycles. The molecule has 0 aromatic carbocycles. The molecule has 2 N–H and O–H groups in total. The van der Waals surface area contributed by atoms with E-state index in [4.69, 9.17) is 9.84 Å². The second-order valence-corrected chi connectivity index (χ2v) is 4.28. The maximum atomic E-state index is 11.2. The van der Waals surface area contributed by atoms with E-state index < -0.39 is 11.6 Å². The lowest BCUT2D eigenvalue weighted by molar-refractivity contribution is -0.134. The zero-order valence-electron chi connectivity index (χ0n) is 8.52. The number of carbonyl (C=O) groups is 2. The summed E-state index contributed by atoms with van der Waals surface area (Å²) >= 11 is 0. The molecular formula is C9H14N2O4. The van der Waals surface area contributed by atoms with Crippen LogP contribution in [0.3, 0.4) is 0 Å². The monoisotopic (exact) mass is 214 g/mol. The Morgan fingerprint density at radius 2 is 2.47 bits per heavy atom. The molecule has 2 amide bonds. The van der Waals surface area contributed by atoms with Crippen LogP contribution in [0.2, 0.25) is 0 Å². The highest BCUT2D eigenvalue weighted by Crippen LogP contribution is 2.28. The highest BCUT2D eigenvalue weighted by molar-refractivity contribution is 5.79. The molecule has 2 heterocycles. The van der Waals surface area contributed by atoms with Crippen molar-refractivity contribution < 1.29 is 19.4 Å². The number of nitrogens with zero attached hydrogens (tertiary/aromatic N) is 1. The lowest BCUT2D eigenvalue weighted by Gasteiger charge is -2.33. The molecule has 2 aliphatic rings. The third-order valence-electron chi connectivity index (χ3n) is 2.95. The van der Waals surface area contributed by atoms with Crippen LogP contribution in [-0.2, 0) is 9.53 Å². The molecule has 6 heteroatoms. The number of hydrogen-bond donors (Lipinski definition) is 2. The van der Waals surface area contributed by atoms with Crippen LogP contribution in [0.25, 0.3) is 0 Å². The number of amides is 2. The molecule has 2 unspecified atom stereocenters. The summed E-state index contributed by atoms with van der Waals surface area (Å²) in [4.78, 5) is 23.4. The Labute approximate surface area is 87.2 Å². The van der Waals surface area contributed by atoms with Crippen molar-refractivity contribution >= 4 is 12.0 Å². The quantitative estimate of drug-likeness (QED) is 0.577. The van der Waals surface area contributed by atoms with Crippen molar-refractivity contribution in [1.82, 2.24) is 10.2 Å². The van der Waals surface area contributed by atoms with Gasteiger partial charge in [0.15, 0.2) is 0 Å². The minimum Gasteiger partial charge on any atom is -0.465 e. The van der Waals surface area contributed by atoms with Crippen molar-refractivity contribution in [2.24, 2.45) is 0 Å². The van der Waals surface area contributed by atoms with E-state index in [0.29, 0.717) is 19.6 Å². The molecule has 2 fully saturated rings. The van der Waals surface area contributed by atoms with Gasteiger partial charge in [0.1, 0.15) is 6.61 Å². The average Bonchev–Trinajstić information content (AvgIpc) is 2.42. The van der Waals surface area contributed by atoms with Crippen LogP contribution >= 0.6 is 0 Å². The summed E-state index contributed by atoms with van der Waals surface area (Å²) in [6.07, 6.45) is -0.329. The van der Waals surface area contributed by atoms with Gasteiger partial charge in [-0.15, -0.1) is 0 Å². The highest BCUT2D eigenvalue weighted by atomic mass is 16.5. The lowest BCUT2D eigenvalue weighted by atomic mass is 9.96. The summed E-state index contributed by atoms with van der Waals surface area (Å²) in [5.74, 6) is -0.166. The number of morpholine rings is 1. The summed E-state index contributed by atoms with van der Waals surface area (Å²) in [6.45, 7) is 2.62. The van der Waals surface area contributed by atoms with Gasteiger partial charge >= 0.3 is 6.09 Å². The molecule has 6 nitrogen and oxygen atoms in total. The van der Waals surface area contributed by atoms with E-state index in [1.807, 2.05) is 6.92 Å². The van der Waals surface area contributed by atoms with Crippen LogP contribution < -0.4 is 5.32 Å². The number of likely N-dealkylation sites (tertiary alicyclic amines) is 1. The molecule has 0 aromatic heterocycles. The predicted molar refractivity (Wildman–Crippen MR) is 50.5 cm³/mol. The maximum absolute atomic E-state index is 11.2. The van der Waals surface area contributed by atoms with Crippen molar-refractivity contribution in [3.63, 3.8) is 0 Å². The molecule has 0 radical (unpaired) electrons. The average molecular weight is 214 g/mol. The second-order valence-electron chi connectivity index (χ2n) is 4.28. The zero-order valence-corrected chi connectivity index (χ0v) is 8.52. The summed E-state index contributed by atoms with van der Waals surface area (Å²) in [6, 6.07) is -0.0792. The second kappa shape index (κ2) is 3.37. The Bertz CT molecular complexity index is 304. The van der Waals surface area contributed by atoms with E-state index in [2.05, 4.69) is 5.32 Å². The van der Waals surface area contributed by atoms with Gasteiger partial charge in [0.25, 0.3) is 0 Å². The maximum Gasteiger partial charge on any atom is 0.407 e. The number of carboxylic acid groups (broad SMARTS) is 1. The van der Waals surface area contributed by atoms with Gasteiger partial charge in [0, 0.05) is 12.6 Å². The van der Waals surface area contributed by atoms with Gasteiger partial charge in [-0.2, -0.15) is 0 Å². The summed E-state index contributed by atoms with van der Waals surface area (Å²) in [5.41, 5.74) is -0.507. The molecule has 15 heavy (non-hydrogen) atoms. The number of carbonyl (C=O) groups excluding carboxylic acids is 1. The van der Waals surface area contributed by atoms with Crippen LogP contribution in [0.4, 0.5) is 4.79 Å². The molecule has 2 saturated heterocycles. The third kappa shape index (κ3) is 1.77. The summed E-state index contributed by atoms with van der Waals surface area (Å²) in [5, 5.41) is 11.8. The van der Waals surface area contributed by atoms with Gasteiger partial charge in [0.2, 0.25) is 5.91 Å². The van der Waals surface area contributed by atoms with Gasteiger partial charge in [-0.3, -0.25) is 4.79 Å². The van der Waals surface area contributed by atoms with Gasteiger partial charge in [-0.25, -0.2) is 4.79 Å². The van der Waals surface area contributed by atoms with Gasteiger partial charge < -0.3 is 20.1 Å². The molecule has 2 atom stereocenters. The van der Waals surface area contributed by atoms with E-state index in [1.54, 1.807) is 0 Å². The third-order valence-corrected chi connectivity index (χ3v) is 2.95. The van der Waals surface area contributed by atoms with Crippen LogP contribution in [-0.4, -0.2) is 53.3 Å². The normalized spacial score (nSPS) is 35.7. The first-order chi connectivity index (χ1) is 7.02. The van der Waals surface area contributed by atoms with Gasteiger partial charge in [-0.05, 0) is 13.3 Å². The molecule has 2 rings (SSSR count). The van der Waals surface area contributed by atoms with E-state index in [9.17, 15) is 9.59 Å². The fourth-order valence-corrected chi connectivity index (χ4v) is 2.38. The smallest absolute Gasteiger partial charge is 0.407 e. The van der Waals surface area contributed by atoms with Gasteiger partial charge in [0.05, 0.1) is 12.1 Å². The lowest BCUT2D eigenvalue weighted by Crippen LogP contribution is -2.58. The van der Waals surface area contributed by atoms with Gasteiger partial charge in [-0.1, -0.05) is 0 Å². The van der Waals surface area contributed by atoms with E-state index in [0.717, 1.165) is 0 Å². The summed E-state index contributed by atoms with van der Waals surface area (Å²) in [7, 11) is 0. The van der Waals surface area contributed by atoms with Crippen molar-refractivity contribution in [3.05, 3.63) is 0 Å². The fourth-order valence-electron chi connectivity index (χ4n) is 2.38. The highest BCUT2D eigenvalue weighted by Gasteiger charge is 2.47. The number of rotatable bonds is 0. The van der Waals surface area contributed by atoms with Crippen molar-refractivity contribution in [3.8, 4) is 0 Å². The van der Waals surface area contributed by atoms with Crippen LogP contribution in [0.5, 0.6) is 0 Å². The fraction of sp³-hybridized carbons (Fsp3) is 0.778. The Morgan fingerprint density at radius 1 is 1.73 bits per heavy atom. The first-order valence-electron chi connectivity index (χ1n) is 4.91. The number of hydrogen-bond acceptors (Lipinski definition) is 3. The first-order valence-corrected chi connectivity index (χ1v) is 4.91. The minimum atomic E-state index is -0.945. The van der Waals surface area contributed by atoms with Crippen LogP contribution in [0.1, 0.15) is 13.3 Å². The molecular weight excluding hydrogens is 200 g/mol. The van der Waals surface area contributed by atoms with Crippen LogP contribution in [0, 0.1) is 0 Å². The van der Waals surface area contributed by atoms with Crippen LogP contribution in [0.15, 0.2) is 0 Å². The number of nitrogens with one attached hydrogen (secondary N) is 1. The molecule has 0 bridgehead atoms. The molecule has 0 aromatic rings. The topological polar surface area (TPSA) is 78.9 Å². The SMILES string of the molecule is CC1CC2(COCC(=O)N2)CN1C(=O)O. The Balaban J connectivity index is 2.12. The van der Waals surface area contributed by atoms with E-state index in [-0.39, 0.29) is 18.6 Å². The Hall–Kier alpha value is -1.30. The molecule has 2 aliphatic heterocycles.